The Labute approximate surface area is 117 Å². The lowest BCUT2D eigenvalue weighted by molar-refractivity contribution is 0.0805. The van der Waals surface area contributed by atoms with Gasteiger partial charge >= 0.3 is 0 Å². The third kappa shape index (κ3) is 3.20. The van der Waals surface area contributed by atoms with Gasteiger partial charge in [0.2, 0.25) is 0 Å². The van der Waals surface area contributed by atoms with Crippen LogP contribution in [0.1, 0.15) is 62.8 Å². The number of aliphatic hydroxyl groups is 1. The molecule has 104 valence electrons. The van der Waals surface area contributed by atoms with Gasteiger partial charge in [-0.3, -0.25) is 0 Å². The predicted molar refractivity (Wildman–Crippen MR) is 79.1 cm³/mol. The van der Waals surface area contributed by atoms with Crippen LogP contribution in [0.5, 0.6) is 0 Å². The number of aliphatic hydroxyl groups excluding tert-OH is 1. The lowest BCUT2D eigenvalue weighted by atomic mass is 9.69. The van der Waals surface area contributed by atoms with E-state index < -0.39 is 0 Å². The van der Waals surface area contributed by atoms with E-state index in [2.05, 4.69) is 30.3 Å². The van der Waals surface area contributed by atoms with E-state index in [1.54, 1.807) is 5.56 Å². The zero-order valence-corrected chi connectivity index (χ0v) is 11.8. The fraction of sp³-hybridized carbons (Fsp3) is 0.667. The largest absolute Gasteiger partial charge is 0.393 e. The number of benzene rings is 1. The summed E-state index contributed by atoms with van der Waals surface area (Å²) in [4.78, 5) is 0. The summed E-state index contributed by atoms with van der Waals surface area (Å²) in [5, 5.41) is 9.62. The fourth-order valence-corrected chi connectivity index (χ4v) is 4.22. The molecule has 0 aliphatic heterocycles. The molecule has 0 saturated heterocycles. The Morgan fingerprint density at radius 1 is 0.684 bits per heavy atom. The number of hydrogen-bond acceptors (Lipinski definition) is 1. The summed E-state index contributed by atoms with van der Waals surface area (Å²) < 4.78 is 0. The molecule has 0 aromatic heterocycles. The first kappa shape index (κ1) is 13.2. The third-order valence-electron chi connectivity index (χ3n) is 5.45. The van der Waals surface area contributed by atoms with Crippen molar-refractivity contribution in [2.45, 2.75) is 63.4 Å². The Balaban J connectivity index is 1.52. The van der Waals surface area contributed by atoms with Gasteiger partial charge in [0.1, 0.15) is 0 Å². The van der Waals surface area contributed by atoms with E-state index in [9.17, 15) is 5.11 Å². The number of hydrogen-bond donors (Lipinski definition) is 1. The van der Waals surface area contributed by atoms with Crippen LogP contribution in [0.4, 0.5) is 0 Å². The second kappa shape index (κ2) is 6.09. The normalized spacial score (nSPS) is 36.1. The third-order valence-corrected chi connectivity index (χ3v) is 5.45. The number of rotatable bonds is 2. The fourth-order valence-electron chi connectivity index (χ4n) is 4.22. The highest BCUT2D eigenvalue weighted by molar-refractivity contribution is 5.19. The van der Waals surface area contributed by atoms with Gasteiger partial charge in [-0.05, 0) is 74.7 Å². The van der Waals surface area contributed by atoms with E-state index >= 15 is 0 Å². The summed E-state index contributed by atoms with van der Waals surface area (Å²) in [6.07, 6.45) is 10.2. The highest BCUT2D eigenvalue weighted by atomic mass is 16.3. The van der Waals surface area contributed by atoms with Crippen molar-refractivity contribution >= 4 is 0 Å². The molecule has 0 heterocycles. The maximum Gasteiger partial charge on any atom is 0.0540 e. The topological polar surface area (TPSA) is 20.2 Å². The van der Waals surface area contributed by atoms with E-state index in [-0.39, 0.29) is 6.10 Å². The molecule has 0 bridgehead atoms. The monoisotopic (exact) mass is 258 g/mol. The van der Waals surface area contributed by atoms with Crippen molar-refractivity contribution in [3.8, 4) is 0 Å². The first-order valence-electron chi connectivity index (χ1n) is 8.06. The molecule has 0 radical (unpaired) electrons. The Hall–Kier alpha value is -0.820. The highest BCUT2D eigenvalue weighted by Gasteiger charge is 2.30. The predicted octanol–water partition coefficient (Wildman–Crippen LogP) is 4.51. The molecule has 1 N–H and O–H groups in total. The van der Waals surface area contributed by atoms with Crippen LogP contribution in [0.3, 0.4) is 0 Å². The van der Waals surface area contributed by atoms with Gasteiger partial charge in [0.25, 0.3) is 0 Å². The average molecular weight is 258 g/mol. The Kier molecular flexibility index (Phi) is 4.22. The van der Waals surface area contributed by atoms with Crippen molar-refractivity contribution in [1.82, 2.24) is 0 Å². The van der Waals surface area contributed by atoms with Gasteiger partial charge < -0.3 is 5.11 Å². The van der Waals surface area contributed by atoms with Crippen molar-refractivity contribution < 1.29 is 5.11 Å². The van der Waals surface area contributed by atoms with Crippen LogP contribution in [0.2, 0.25) is 0 Å². The molecule has 1 heteroatoms. The second-order valence-corrected chi connectivity index (χ2v) is 6.59. The Morgan fingerprint density at radius 2 is 1.21 bits per heavy atom. The molecular weight excluding hydrogens is 232 g/mol. The molecule has 1 aromatic carbocycles. The molecule has 19 heavy (non-hydrogen) atoms. The average Bonchev–Trinajstić information content (AvgIpc) is 2.49. The summed E-state index contributed by atoms with van der Waals surface area (Å²) in [6.45, 7) is 0. The minimum Gasteiger partial charge on any atom is -0.393 e. The summed E-state index contributed by atoms with van der Waals surface area (Å²) in [5.41, 5.74) is 1.54. The van der Waals surface area contributed by atoms with Crippen LogP contribution in [0, 0.1) is 11.8 Å². The summed E-state index contributed by atoms with van der Waals surface area (Å²) in [5.74, 6) is 2.64. The van der Waals surface area contributed by atoms with E-state index in [0.717, 1.165) is 30.6 Å². The van der Waals surface area contributed by atoms with Crippen LogP contribution in [0.15, 0.2) is 30.3 Å². The molecule has 0 spiro atoms. The minimum atomic E-state index is -0.00286. The molecule has 3 rings (SSSR count). The zero-order chi connectivity index (χ0) is 13.1. The van der Waals surface area contributed by atoms with E-state index in [1.807, 2.05) is 0 Å². The first-order valence-corrected chi connectivity index (χ1v) is 8.06. The van der Waals surface area contributed by atoms with Gasteiger partial charge in [-0.2, -0.15) is 0 Å². The molecule has 1 aromatic rings. The van der Waals surface area contributed by atoms with Crippen molar-refractivity contribution in [2.24, 2.45) is 11.8 Å². The Bertz CT molecular complexity index is 370. The van der Waals surface area contributed by atoms with Crippen LogP contribution < -0.4 is 0 Å². The van der Waals surface area contributed by atoms with Crippen LogP contribution in [-0.2, 0) is 0 Å². The van der Waals surface area contributed by atoms with E-state index in [1.165, 1.54) is 38.5 Å². The van der Waals surface area contributed by atoms with Gasteiger partial charge in [0, 0.05) is 0 Å². The van der Waals surface area contributed by atoms with Crippen molar-refractivity contribution in [3.05, 3.63) is 35.9 Å². The van der Waals surface area contributed by atoms with Gasteiger partial charge in [0.15, 0.2) is 0 Å². The summed E-state index contributed by atoms with van der Waals surface area (Å²) >= 11 is 0. The molecule has 0 unspecified atom stereocenters. The molecule has 1 nitrogen and oxygen atoms in total. The van der Waals surface area contributed by atoms with E-state index in [4.69, 9.17) is 0 Å². The van der Waals surface area contributed by atoms with Crippen molar-refractivity contribution in [1.29, 1.82) is 0 Å². The molecule has 2 fully saturated rings. The lowest BCUT2D eigenvalue weighted by Crippen LogP contribution is -2.26. The maximum atomic E-state index is 9.62. The SMILES string of the molecule is OC1CCC(C2CCC(c3ccccc3)CC2)CC1. The molecular formula is C18H26O. The van der Waals surface area contributed by atoms with Gasteiger partial charge in [-0.1, -0.05) is 30.3 Å². The first-order chi connectivity index (χ1) is 9.33. The molecule has 2 saturated carbocycles. The van der Waals surface area contributed by atoms with Crippen molar-refractivity contribution in [2.75, 3.05) is 0 Å². The molecule has 0 atom stereocenters. The van der Waals surface area contributed by atoms with E-state index in [0.29, 0.717) is 0 Å². The van der Waals surface area contributed by atoms with Crippen LogP contribution in [-0.4, -0.2) is 11.2 Å². The lowest BCUT2D eigenvalue weighted by Gasteiger charge is -2.37. The highest BCUT2D eigenvalue weighted by Crippen LogP contribution is 2.42. The van der Waals surface area contributed by atoms with Crippen molar-refractivity contribution in [3.63, 3.8) is 0 Å². The van der Waals surface area contributed by atoms with Gasteiger partial charge in [-0.15, -0.1) is 0 Å². The molecule has 2 aliphatic carbocycles. The minimum absolute atomic E-state index is 0.00286. The second-order valence-electron chi connectivity index (χ2n) is 6.59. The standard InChI is InChI=1S/C18H26O/c19-18-12-10-17(11-13-18)16-8-6-15(7-9-16)14-4-2-1-3-5-14/h1-5,15-19H,6-13H2. The van der Waals surface area contributed by atoms with Crippen LogP contribution in [0.25, 0.3) is 0 Å². The smallest absolute Gasteiger partial charge is 0.0540 e. The summed E-state index contributed by atoms with van der Waals surface area (Å²) in [7, 11) is 0. The van der Waals surface area contributed by atoms with Gasteiger partial charge in [0.05, 0.1) is 6.10 Å². The maximum absolute atomic E-state index is 9.62. The van der Waals surface area contributed by atoms with Crippen LogP contribution >= 0.6 is 0 Å². The zero-order valence-electron chi connectivity index (χ0n) is 11.8. The quantitative estimate of drug-likeness (QED) is 0.827. The Morgan fingerprint density at radius 3 is 1.79 bits per heavy atom. The molecule has 2 aliphatic rings. The molecule has 0 amide bonds. The summed E-state index contributed by atoms with van der Waals surface area (Å²) in [6, 6.07) is 11.0. The van der Waals surface area contributed by atoms with Gasteiger partial charge in [-0.25, -0.2) is 0 Å².